The number of hydrogen-bond acceptors (Lipinski definition) is 3. The predicted molar refractivity (Wildman–Crippen MR) is 96.3 cm³/mol. The number of para-hydroxylation sites is 2. The Bertz CT molecular complexity index is 888. The minimum absolute atomic E-state index is 0.172. The number of aromatic nitrogens is 4. The van der Waals surface area contributed by atoms with Gasteiger partial charge < -0.3 is 9.47 Å². The minimum Gasteiger partial charge on any atom is -0.341 e. The molecule has 1 aliphatic rings. The standard InChI is InChI=1S/C19H23N5O/c1-13-16(11-21-22-13)15-7-9-23(10-8-15)19(25)14(2)24-12-20-17-5-3-4-6-18(17)24/h3-6,11-12,14-15H,7-10H2,1-2H3,(H,21,22). The van der Waals surface area contributed by atoms with Gasteiger partial charge in [-0.25, -0.2) is 4.98 Å². The minimum atomic E-state index is -0.236. The van der Waals surface area contributed by atoms with E-state index >= 15 is 0 Å². The quantitative estimate of drug-likeness (QED) is 0.799. The third-order valence-corrected chi connectivity index (χ3v) is 5.37. The van der Waals surface area contributed by atoms with Crippen molar-refractivity contribution in [1.82, 2.24) is 24.6 Å². The number of rotatable bonds is 3. The first kappa shape index (κ1) is 15.9. The maximum absolute atomic E-state index is 13.0. The number of carbonyl (C=O) groups excluding carboxylic acids is 1. The SMILES string of the molecule is Cc1[nH]ncc1C1CCN(C(=O)C(C)n2cnc3ccccc32)CC1. The zero-order chi connectivity index (χ0) is 17.4. The average molecular weight is 337 g/mol. The number of piperidine rings is 1. The maximum atomic E-state index is 13.0. The Kier molecular flexibility index (Phi) is 4.03. The molecule has 3 aromatic rings. The molecular formula is C19H23N5O. The van der Waals surface area contributed by atoms with Gasteiger partial charge in [-0.05, 0) is 50.3 Å². The molecule has 1 N–H and O–H groups in total. The summed E-state index contributed by atoms with van der Waals surface area (Å²) in [5, 5.41) is 7.14. The van der Waals surface area contributed by atoms with Crippen LogP contribution >= 0.6 is 0 Å². The maximum Gasteiger partial charge on any atom is 0.245 e. The Labute approximate surface area is 146 Å². The summed E-state index contributed by atoms with van der Waals surface area (Å²) in [4.78, 5) is 19.4. The smallest absolute Gasteiger partial charge is 0.245 e. The van der Waals surface area contributed by atoms with Crippen LogP contribution in [0.15, 0.2) is 36.8 Å². The van der Waals surface area contributed by atoms with Crippen molar-refractivity contribution < 1.29 is 4.79 Å². The monoisotopic (exact) mass is 337 g/mol. The highest BCUT2D eigenvalue weighted by molar-refractivity contribution is 5.83. The van der Waals surface area contributed by atoms with E-state index in [4.69, 9.17) is 0 Å². The van der Waals surface area contributed by atoms with E-state index in [9.17, 15) is 4.79 Å². The summed E-state index contributed by atoms with van der Waals surface area (Å²) in [5.41, 5.74) is 4.37. The topological polar surface area (TPSA) is 66.8 Å². The van der Waals surface area contributed by atoms with Crippen LogP contribution in [0.2, 0.25) is 0 Å². The number of fused-ring (bicyclic) bond motifs is 1. The van der Waals surface area contributed by atoms with Gasteiger partial charge in [0, 0.05) is 18.8 Å². The number of amides is 1. The molecule has 6 heteroatoms. The number of aryl methyl sites for hydroxylation is 1. The van der Waals surface area contributed by atoms with Gasteiger partial charge in [0.25, 0.3) is 0 Å². The molecule has 3 heterocycles. The third kappa shape index (κ3) is 2.81. The Morgan fingerprint density at radius 3 is 2.76 bits per heavy atom. The summed E-state index contributed by atoms with van der Waals surface area (Å²) >= 11 is 0. The summed E-state index contributed by atoms with van der Waals surface area (Å²) in [6, 6.07) is 7.70. The van der Waals surface area contributed by atoms with Crippen molar-refractivity contribution in [3.63, 3.8) is 0 Å². The molecule has 1 amide bonds. The molecule has 0 spiro atoms. The van der Waals surface area contributed by atoms with Crippen LogP contribution in [0, 0.1) is 6.92 Å². The van der Waals surface area contributed by atoms with E-state index in [1.807, 2.05) is 46.9 Å². The van der Waals surface area contributed by atoms with Gasteiger partial charge in [0.1, 0.15) is 6.04 Å². The molecule has 0 bridgehead atoms. The van der Waals surface area contributed by atoms with Gasteiger partial charge in [0.05, 0.1) is 23.6 Å². The number of aromatic amines is 1. The molecule has 6 nitrogen and oxygen atoms in total. The fourth-order valence-corrected chi connectivity index (χ4v) is 3.85. The molecule has 1 fully saturated rings. The molecule has 0 saturated carbocycles. The van der Waals surface area contributed by atoms with Crippen molar-refractivity contribution in [2.24, 2.45) is 0 Å². The lowest BCUT2D eigenvalue weighted by molar-refractivity contribution is -0.135. The molecule has 0 radical (unpaired) electrons. The molecule has 2 aromatic heterocycles. The lowest BCUT2D eigenvalue weighted by atomic mass is 9.89. The van der Waals surface area contributed by atoms with Gasteiger partial charge in [0.15, 0.2) is 0 Å². The fourth-order valence-electron chi connectivity index (χ4n) is 3.85. The number of hydrogen-bond donors (Lipinski definition) is 1. The van der Waals surface area contributed by atoms with Crippen LogP contribution in [-0.4, -0.2) is 43.6 Å². The molecule has 1 aromatic carbocycles. The van der Waals surface area contributed by atoms with Gasteiger partial charge in [-0.1, -0.05) is 12.1 Å². The first-order valence-electron chi connectivity index (χ1n) is 8.85. The van der Waals surface area contributed by atoms with Crippen LogP contribution in [0.3, 0.4) is 0 Å². The normalized spacial score (nSPS) is 17.1. The molecule has 130 valence electrons. The highest BCUT2D eigenvalue weighted by Gasteiger charge is 2.28. The molecule has 25 heavy (non-hydrogen) atoms. The van der Waals surface area contributed by atoms with E-state index in [1.54, 1.807) is 6.33 Å². The van der Waals surface area contributed by atoms with Crippen LogP contribution in [-0.2, 0) is 4.79 Å². The van der Waals surface area contributed by atoms with Crippen molar-refractivity contribution in [1.29, 1.82) is 0 Å². The number of H-pyrrole nitrogens is 1. The first-order valence-corrected chi connectivity index (χ1v) is 8.85. The Morgan fingerprint density at radius 2 is 2.04 bits per heavy atom. The zero-order valence-electron chi connectivity index (χ0n) is 14.6. The molecule has 1 atom stereocenters. The van der Waals surface area contributed by atoms with Crippen LogP contribution < -0.4 is 0 Å². The van der Waals surface area contributed by atoms with Gasteiger partial charge in [0.2, 0.25) is 5.91 Å². The van der Waals surface area contributed by atoms with Gasteiger partial charge in [-0.15, -0.1) is 0 Å². The van der Waals surface area contributed by atoms with E-state index in [1.165, 1.54) is 5.56 Å². The second-order valence-electron chi connectivity index (χ2n) is 6.87. The van der Waals surface area contributed by atoms with Crippen molar-refractivity contribution >= 4 is 16.9 Å². The Morgan fingerprint density at radius 1 is 1.28 bits per heavy atom. The Balaban J connectivity index is 1.46. The zero-order valence-corrected chi connectivity index (χ0v) is 14.6. The van der Waals surface area contributed by atoms with Crippen molar-refractivity contribution in [2.45, 2.75) is 38.6 Å². The number of nitrogens with one attached hydrogen (secondary N) is 1. The van der Waals surface area contributed by atoms with E-state index < -0.39 is 0 Å². The number of nitrogens with zero attached hydrogens (tertiary/aromatic N) is 4. The van der Waals surface area contributed by atoms with Crippen molar-refractivity contribution in [3.05, 3.63) is 48.0 Å². The Hall–Kier alpha value is -2.63. The van der Waals surface area contributed by atoms with E-state index in [2.05, 4.69) is 22.1 Å². The van der Waals surface area contributed by atoms with Crippen molar-refractivity contribution in [3.8, 4) is 0 Å². The highest BCUT2D eigenvalue weighted by atomic mass is 16.2. The first-order chi connectivity index (χ1) is 12.1. The largest absolute Gasteiger partial charge is 0.341 e. The van der Waals surface area contributed by atoms with E-state index in [0.717, 1.165) is 42.7 Å². The molecular weight excluding hydrogens is 314 g/mol. The molecule has 1 aliphatic heterocycles. The summed E-state index contributed by atoms with van der Waals surface area (Å²) in [5.74, 6) is 0.665. The summed E-state index contributed by atoms with van der Waals surface area (Å²) in [7, 11) is 0. The van der Waals surface area contributed by atoms with Crippen molar-refractivity contribution in [2.75, 3.05) is 13.1 Å². The fraction of sp³-hybridized carbons (Fsp3) is 0.421. The lowest BCUT2D eigenvalue weighted by Gasteiger charge is -2.33. The molecule has 4 rings (SSSR count). The van der Waals surface area contributed by atoms with Crippen LogP contribution in [0.4, 0.5) is 0 Å². The lowest BCUT2D eigenvalue weighted by Crippen LogP contribution is -2.41. The summed E-state index contributed by atoms with van der Waals surface area (Å²) in [6.45, 7) is 5.62. The molecule has 1 saturated heterocycles. The highest BCUT2D eigenvalue weighted by Crippen LogP contribution is 2.30. The van der Waals surface area contributed by atoms with Crippen LogP contribution in [0.5, 0.6) is 0 Å². The second kappa shape index (κ2) is 6.35. The number of likely N-dealkylation sites (tertiary alicyclic amines) is 1. The number of carbonyl (C=O) groups is 1. The van der Waals surface area contributed by atoms with E-state index in [-0.39, 0.29) is 11.9 Å². The second-order valence-corrected chi connectivity index (χ2v) is 6.87. The predicted octanol–water partition coefficient (Wildman–Crippen LogP) is 3.04. The van der Waals surface area contributed by atoms with Crippen LogP contribution in [0.1, 0.15) is 43.0 Å². The van der Waals surface area contributed by atoms with Gasteiger partial charge >= 0.3 is 0 Å². The number of imidazole rings is 1. The summed E-state index contributed by atoms with van der Waals surface area (Å²) < 4.78 is 1.98. The van der Waals surface area contributed by atoms with Crippen LogP contribution in [0.25, 0.3) is 11.0 Å². The van der Waals surface area contributed by atoms with E-state index in [0.29, 0.717) is 5.92 Å². The number of benzene rings is 1. The molecule has 0 aliphatic carbocycles. The molecule has 1 unspecified atom stereocenters. The summed E-state index contributed by atoms with van der Waals surface area (Å²) in [6.07, 6.45) is 5.68. The van der Waals surface area contributed by atoms with Gasteiger partial charge in [-0.2, -0.15) is 5.10 Å². The third-order valence-electron chi connectivity index (χ3n) is 5.37. The average Bonchev–Trinajstić information content (AvgIpc) is 3.27. The van der Waals surface area contributed by atoms with Gasteiger partial charge in [-0.3, -0.25) is 9.89 Å².